The van der Waals surface area contributed by atoms with Gasteiger partial charge in [0.15, 0.2) is 0 Å². The molecule has 0 aliphatic heterocycles. The second-order valence-electron chi connectivity index (χ2n) is 6.74. The van der Waals surface area contributed by atoms with Crippen LogP contribution in [0.25, 0.3) is 0 Å². The summed E-state index contributed by atoms with van der Waals surface area (Å²) in [6.45, 7) is 11.9. The average molecular weight is 479 g/mol. The van der Waals surface area contributed by atoms with Crippen molar-refractivity contribution in [3.8, 4) is 0 Å². The molecule has 0 atom stereocenters. The Labute approximate surface area is 199 Å². The number of Topliss-reactive ketones (excluding diaryl/α,β-unsaturated/α-hetero) is 1. The molecule has 2 amide bonds. The predicted molar refractivity (Wildman–Crippen MR) is 131 cm³/mol. The van der Waals surface area contributed by atoms with Crippen molar-refractivity contribution in [2.75, 3.05) is 45.8 Å². The van der Waals surface area contributed by atoms with Gasteiger partial charge in [-0.1, -0.05) is 27.7 Å². The maximum atomic E-state index is 11.7. The zero-order chi connectivity index (χ0) is 24.6. The summed E-state index contributed by atoms with van der Waals surface area (Å²) in [6.07, 6.45) is 6.32. The Morgan fingerprint density at radius 2 is 1.34 bits per heavy atom. The zero-order valence-electron chi connectivity index (χ0n) is 21.0. The van der Waals surface area contributed by atoms with E-state index in [1.54, 1.807) is 0 Å². The second kappa shape index (κ2) is 24.3. The van der Waals surface area contributed by atoms with E-state index in [0.717, 1.165) is 25.7 Å². The molecular weight excluding hydrogens is 432 g/mol. The number of amides is 2. The number of nitrogens with one attached hydrogen (secondary N) is 2. The van der Waals surface area contributed by atoms with Crippen molar-refractivity contribution >= 4 is 29.5 Å². The van der Waals surface area contributed by atoms with E-state index in [0.29, 0.717) is 44.8 Å². The summed E-state index contributed by atoms with van der Waals surface area (Å²) in [5.74, 6) is -0.144. The van der Waals surface area contributed by atoms with Gasteiger partial charge >= 0.3 is 6.09 Å². The number of ether oxygens (including phenoxy) is 3. The third-order valence-electron chi connectivity index (χ3n) is 4.39. The van der Waals surface area contributed by atoms with Crippen molar-refractivity contribution in [1.29, 1.82) is 0 Å². The molecule has 190 valence electrons. The minimum Gasteiger partial charge on any atom is -0.446 e. The van der Waals surface area contributed by atoms with Gasteiger partial charge in [0.2, 0.25) is 5.91 Å². The summed E-state index contributed by atoms with van der Waals surface area (Å²) in [6, 6.07) is 0. The summed E-state index contributed by atoms with van der Waals surface area (Å²) in [5.41, 5.74) is 0. The van der Waals surface area contributed by atoms with Crippen molar-refractivity contribution in [2.45, 2.75) is 84.5 Å². The fourth-order valence-electron chi connectivity index (χ4n) is 2.77. The number of hydrogen-bond donors (Lipinski definition) is 2. The average Bonchev–Trinajstić information content (AvgIpc) is 2.82. The van der Waals surface area contributed by atoms with Gasteiger partial charge in [-0.25, -0.2) is 4.79 Å². The Hall–Kier alpha value is -1.32. The highest BCUT2D eigenvalue weighted by atomic mass is 32.2. The van der Waals surface area contributed by atoms with Gasteiger partial charge in [-0.3, -0.25) is 4.79 Å². The van der Waals surface area contributed by atoms with E-state index in [4.69, 9.17) is 14.2 Å². The highest BCUT2D eigenvalue weighted by molar-refractivity contribution is 7.99. The summed E-state index contributed by atoms with van der Waals surface area (Å²) >= 11 is 1.89. The number of carbonyl (C=O) groups is 3. The van der Waals surface area contributed by atoms with E-state index in [1.165, 1.54) is 6.92 Å². The maximum Gasteiger partial charge on any atom is 0.407 e. The third-order valence-corrected chi connectivity index (χ3v) is 5.53. The van der Waals surface area contributed by atoms with Gasteiger partial charge in [0.25, 0.3) is 0 Å². The van der Waals surface area contributed by atoms with Gasteiger partial charge in [-0.05, 0) is 38.9 Å². The van der Waals surface area contributed by atoms with Gasteiger partial charge in [-0.15, -0.1) is 0 Å². The lowest BCUT2D eigenvalue weighted by Crippen LogP contribution is -2.33. The first-order chi connectivity index (χ1) is 15.5. The Balaban J connectivity index is 0. The van der Waals surface area contributed by atoms with Crippen LogP contribution in [0, 0.1) is 0 Å². The van der Waals surface area contributed by atoms with Crippen LogP contribution in [-0.2, 0) is 23.8 Å². The molecule has 1 fully saturated rings. The van der Waals surface area contributed by atoms with E-state index in [-0.39, 0.29) is 36.7 Å². The maximum absolute atomic E-state index is 11.7. The fraction of sp³-hybridized carbons (Fsp3) is 0.870. The summed E-state index contributed by atoms with van der Waals surface area (Å²) in [4.78, 5) is 33.9. The van der Waals surface area contributed by atoms with Crippen LogP contribution in [0.15, 0.2) is 0 Å². The molecule has 0 aromatic heterocycles. The van der Waals surface area contributed by atoms with Crippen molar-refractivity contribution in [1.82, 2.24) is 10.6 Å². The number of rotatable bonds is 14. The molecule has 1 saturated carbocycles. The van der Waals surface area contributed by atoms with E-state index in [2.05, 4.69) is 16.9 Å². The standard InChI is InChI=1S/C19H34N2O6S.2C2H6/c1-15(22)3-8-18(23)20-9-11-25-13-14-26-12-10-21-19(24)27-16-4-6-17(28-2)7-5-16;2*1-2/h16-17H,3-14H2,1-2H3,(H,20,23)(H,21,24);2*1-2H3. The Kier molecular flexibility index (Phi) is 25.0. The van der Waals surface area contributed by atoms with Crippen LogP contribution in [0.1, 0.15) is 73.1 Å². The number of hydrogen-bond acceptors (Lipinski definition) is 7. The molecule has 1 rings (SSSR count). The first kappa shape index (κ1) is 32.9. The molecule has 2 N–H and O–H groups in total. The lowest BCUT2D eigenvalue weighted by atomic mass is 9.97. The largest absolute Gasteiger partial charge is 0.446 e. The SMILES string of the molecule is CC.CC.CSC1CCC(OC(=O)NCCOCCOCCNC(=O)CCC(C)=O)CC1. The van der Waals surface area contributed by atoms with E-state index in [1.807, 2.05) is 39.5 Å². The molecule has 0 aromatic rings. The number of carbonyl (C=O) groups excluding carboxylic acids is 3. The molecule has 0 saturated heterocycles. The van der Waals surface area contributed by atoms with Gasteiger partial charge < -0.3 is 29.6 Å². The highest BCUT2D eigenvalue weighted by Crippen LogP contribution is 2.28. The molecule has 1 aliphatic rings. The summed E-state index contributed by atoms with van der Waals surface area (Å²) in [7, 11) is 0. The third kappa shape index (κ3) is 20.6. The molecule has 0 aromatic carbocycles. The molecule has 1 aliphatic carbocycles. The Bertz CT molecular complexity index is 471. The van der Waals surface area contributed by atoms with E-state index >= 15 is 0 Å². The van der Waals surface area contributed by atoms with Crippen molar-refractivity contribution in [2.24, 2.45) is 0 Å². The van der Waals surface area contributed by atoms with Crippen LogP contribution in [0.3, 0.4) is 0 Å². The molecule has 0 heterocycles. The minimum absolute atomic E-state index is 0.00425. The second-order valence-corrected chi connectivity index (χ2v) is 7.88. The van der Waals surface area contributed by atoms with Gasteiger partial charge in [0, 0.05) is 31.2 Å². The van der Waals surface area contributed by atoms with Gasteiger partial charge in [0.05, 0.1) is 26.4 Å². The van der Waals surface area contributed by atoms with Gasteiger partial charge in [-0.2, -0.15) is 11.8 Å². The molecule has 0 bridgehead atoms. The molecular formula is C23H46N2O6S. The van der Waals surface area contributed by atoms with Crippen molar-refractivity contribution in [3.63, 3.8) is 0 Å². The number of ketones is 1. The van der Waals surface area contributed by atoms with Crippen LogP contribution in [0.2, 0.25) is 0 Å². The minimum atomic E-state index is -0.382. The molecule has 0 spiro atoms. The molecule has 0 unspecified atom stereocenters. The normalized spacial score (nSPS) is 17.1. The highest BCUT2D eigenvalue weighted by Gasteiger charge is 2.23. The quantitative estimate of drug-likeness (QED) is 0.364. The smallest absolute Gasteiger partial charge is 0.407 e. The van der Waals surface area contributed by atoms with Crippen LogP contribution < -0.4 is 10.6 Å². The van der Waals surface area contributed by atoms with Crippen LogP contribution in [0.4, 0.5) is 4.79 Å². The van der Waals surface area contributed by atoms with Crippen LogP contribution in [-0.4, -0.2) is 74.9 Å². The zero-order valence-corrected chi connectivity index (χ0v) is 21.8. The molecule has 32 heavy (non-hydrogen) atoms. The van der Waals surface area contributed by atoms with E-state index in [9.17, 15) is 14.4 Å². The molecule has 8 nitrogen and oxygen atoms in total. The Morgan fingerprint density at radius 1 is 0.812 bits per heavy atom. The van der Waals surface area contributed by atoms with Crippen molar-refractivity contribution in [3.05, 3.63) is 0 Å². The van der Waals surface area contributed by atoms with Crippen LogP contribution >= 0.6 is 11.8 Å². The Morgan fingerprint density at radius 3 is 1.84 bits per heavy atom. The van der Waals surface area contributed by atoms with Crippen LogP contribution in [0.5, 0.6) is 0 Å². The number of alkyl carbamates (subject to hydrolysis) is 1. The monoisotopic (exact) mass is 478 g/mol. The topological polar surface area (TPSA) is 103 Å². The lowest BCUT2D eigenvalue weighted by molar-refractivity contribution is -0.124. The van der Waals surface area contributed by atoms with Gasteiger partial charge in [0.1, 0.15) is 11.9 Å². The van der Waals surface area contributed by atoms with E-state index < -0.39 is 0 Å². The van der Waals surface area contributed by atoms with Crippen molar-refractivity contribution < 1.29 is 28.6 Å². The summed E-state index contributed by atoms with van der Waals surface area (Å²) in [5, 5.41) is 6.07. The molecule has 0 radical (unpaired) electrons. The summed E-state index contributed by atoms with van der Waals surface area (Å²) < 4.78 is 16.1. The molecule has 9 heteroatoms. The lowest BCUT2D eigenvalue weighted by Gasteiger charge is -2.27. The fourth-order valence-corrected chi connectivity index (χ4v) is 3.51. The predicted octanol–water partition coefficient (Wildman–Crippen LogP) is 3.96. The first-order valence-corrected chi connectivity index (χ1v) is 13.2. The first-order valence-electron chi connectivity index (χ1n) is 11.9. The number of thioether (sulfide) groups is 1.